The Bertz CT molecular complexity index is 405. The van der Waals surface area contributed by atoms with E-state index < -0.39 is 5.91 Å². The molecule has 3 heteroatoms. The fourth-order valence-corrected chi connectivity index (χ4v) is 1.48. The molecule has 0 heterocycles. The maximum atomic E-state index is 10.7. The van der Waals surface area contributed by atoms with E-state index in [1.54, 1.807) is 0 Å². The van der Waals surface area contributed by atoms with Gasteiger partial charge in [-0.1, -0.05) is 23.8 Å². The first-order valence-electron chi connectivity index (χ1n) is 4.87. The highest BCUT2D eigenvalue weighted by Crippen LogP contribution is 2.10. The van der Waals surface area contributed by atoms with Crippen molar-refractivity contribution in [1.29, 1.82) is 5.26 Å². The molecule has 0 unspecified atom stereocenters. The average Bonchev–Trinajstić information content (AvgIpc) is 2.21. The average molecular weight is 202 g/mol. The van der Waals surface area contributed by atoms with Gasteiger partial charge in [-0.25, -0.2) is 0 Å². The summed E-state index contributed by atoms with van der Waals surface area (Å²) < 4.78 is 0. The molecular formula is C12H14N2O. The van der Waals surface area contributed by atoms with Gasteiger partial charge >= 0.3 is 5.91 Å². The van der Waals surface area contributed by atoms with Crippen LogP contribution in [0.3, 0.4) is 0 Å². The van der Waals surface area contributed by atoms with Crippen molar-refractivity contribution in [3.63, 3.8) is 0 Å². The van der Waals surface area contributed by atoms with E-state index in [4.69, 9.17) is 5.26 Å². The molecule has 1 aromatic rings. The van der Waals surface area contributed by atoms with E-state index in [0.29, 0.717) is 6.54 Å². The largest absolute Gasteiger partial charge is 0.343 e. The number of nitrogens with one attached hydrogen (secondary N) is 1. The highest BCUT2D eigenvalue weighted by atomic mass is 16.1. The summed E-state index contributed by atoms with van der Waals surface area (Å²) in [5.74, 6) is -0.570. The second-order valence-electron chi connectivity index (χ2n) is 3.55. The van der Waals surface area contributed by atoms with Crippen LogP contribution in [0.25, 0.3) is 0 Å². The van der Waals surface area contributed by atoms with Crippen molar-refractivity contribution < 1.29 is 4.79 Å². The summed E-state index contributed by atoms with van der Waals surface area (Å²) in [5.41, 5.74) is 3.66. The Morgan fingerprint density at radius 2 is 2.20 bits per heavy atom. The molecule has 0 atom stereocenters. The van der Waals surface area contributed by atoms with E-state index in [1.807, 2.05) is 6.92 Å². The van der Waals surface area contributed by atoms with Crippen molar-refractivity contribution in [2.75, 3.05) is 6.54 Å². The van der Waals surface area contributed by atoms with Crippen molar-refractivity contribution >= 4 is 5.91 Å². The second-order valence-corrected chi connectivity index (χ2v) is 3.55. The van der Waals surface area contributed by atoms with Gasteiger partial charge in [-0.2, -0.15) is 5.26 Å². The predicted molar refractivity (Wildman–Crippen MR) is 58.2 cm³/mol. The molecule has 0 fully saturated rings. The maximum Gasteiger partial charge on any atom is 0.322 e. The molecule has 1 aromatic carbocycles. The van der Waals surface area contributed by atoms with Crippen LogP contribution in [0, 0.1) is 25.2 Å². The monoisotopic (exact) mass is 202 g/mol. The Hall–Kier alpha value is -1.82. The molecule has 0 aliphatic rings. The Kier molecular flexibility index (Phi) is 3.87. The molecule has 0 saturated carbocycles. The summed E-state index contributed by atoms with van der Waals surface area (Å²) in [6.07, 6.45) is 0.763. The number of aryl methyl sites for hydroxylation is 2. The number of hydrogen-bond acceptors (Lipinski definition) is 2. The smallest absolute Gasteiger partial charge is 0.322 e. The van der Waals surface area contributed by atoms with Gasteiger partial charge in [0.2, 0.25) is 0 Å². The third kappa shape index (κ3) is 3.43. The summed E-state index contributed by atoms with van der Waals surface area (Å²) in [7, 11) is 0. The van der Waals surface area contributed by atoms with Crippen LogP contribution in [0.15, 0.2) is 18.2 Å². The molecule has 0 aromatic heterocycles. The van der Waals surface area contributed by atoms with Crippen molar-refractivity contribution in [3.8, 4) is 6.07 Å². The fourth-order valence-electron chi connectivity index (χ4n) is 1.48. The molecule has 0 aliphatic carbocycles. The van der Waals surface area contributed by atoms with Gasteiger partial charge in [0, 0.05) is 6.54 Å². The van der Waals surface area contributed by atoms with Crippen LogP contribution >= 0.6 is 0 Å². The lowest BCUT2D eigenvalue weighted by Crippen LogP contribution is -2.23. The normalized spacial score (nSPS) is 9.40. The molecular weight excluding hydrogens is 188 g/mol. The minimum absolute atomic E-state index is 0.510. The molecule has 0 radical (unpaired) electrons. The lowest BCUT2D eigenvalue weighted by molar-refractivity contribution is -0.115. The van der Waals surface area contributed by atoms with Gasteiger partial charge < -0.3 is 5.32 Å². The van der Waals surface area contributed by atoms with Gasteiger partial charge in [0.05, 0.1) is 0 Å². The zero-order valence-corrected chi connectivity index (χ0v) is 9.00. The first-order chi connectivity index (χ1) is 7.13. The number of amides is 1. The number of nitrogens with zero attached hydrogens (tertiary/aromatic N) is 1. The molecule has 0 aliphatic heterocycles. The van der Waals surface area contributed by atoms with E-state index in [-0.39, 0.29) is 0 Å². The number of rotatable bonds is 3. The molecule has 0 spiro atoms. The van der Waals surface area contributed by atoms with Gasteiger partial charge in [-0.05, 0) is 31.4 Å². The number of benzene rings is 1. The van der Waals surface area contributed by atoms with Crippen LogP contribution in [0.5, 0.6) is 0 Å². The molecule has 1 amide bonds. The number of hydrogen-bond donors (Lipinski definition) is 1. The summed E-state index contributed by atoms with van der Waals surface area (Å²) in [5, 5.41) is 10.8. The number of carbonyl (C=O) groups excluding carboxylic acids is 1. The Balaban J connectivity index is 2.52. The van der Waals surface area contributed by atoms with Crippen molar-refractivity contribution in [2.45, 2.75) is 20.3 Å². The van der Waals surface area contributed by atoms with Gasteiger partial charge in [0.25, 0.3) is 0 Å². The molecule has 1 N–H and O–H groups in total. The Labute approximate surface area is 89.7 Å². The quantitative estimate of drug-likeness (QED) is 0.755. The molecule has 1 rings (SSSR count). The highest BCUT2D eigenvalue weighted by Gasteiger charge is 2.00. The molecule has 15 heavy (non-hydrogen) atoms. The SMILES string of the molecule is Cc1ccc(CCNC(=O)C#N)c(C)c1. The first-order valence-corrected chi connectivity index (χ1v) is 4.87. The third-order valence-corrected chi connectivity index (χ3v) is 2.28. The fraction of sp³-hybridized carbons (Fsp3) is 0.333. The van der Waals surface area contributed by atoms with Gasteiger partial charge in [-0.15, -0.1) is 0 Å². The zero-order valence-electron chi connectivity index (χ0n) is 9.00. The first kappa shape index (κ1) is 11.3. The topological polar surface area (TPSA) is 52.9 Å². The van der Waals surface area contributed by atoms with Crippen LogP contribution in [-0.2, 0) is 11.2 Å². The standard InChI is InChI=1S/C12H14N2O/c1-9-3-4-11(10(2)7-9)5-6-14-12(15)8-13/h3-4,7H,5-6H2,1-2H3,(H,14,15). The second kappa shape index (κ2) is 5.16. The lowest BCUT2D eigenvalue weighted by atomic mass is 10.0. The Morgan fingerprint density at radius 3 is 2.80 bits per heavy atom. The summed E-state index contributed by atoms with van der Waals surface area (Å²) in [6.45, 7) is 4.61. The van der Waals surface area contributed by atoms with E-state index >= 15 is 0 Å². The lowest BCUT2D eigenvalue weighted by Gasteiger charge is -2.06. The maximum absolute atomic E-state index is 10.7. The van der Waals surface area contributed by atoms with Crippen LogP contribution in [0.1, 0.15) is 16.7 Å². The zero-order chi connectivity index (χ0) is 11.3. The summed E-state index contributed by atoms with van der Waals surface area (Å²) in [4.78, 5) is 10.7. The number of nitriles is 1. The van der Waals surface area contributed by atoms with Gasteiger partial charge in [0.15, 0.2) is 6.07 Å². The van der Waals surface area contributed by atoms with E-state index in [9.17, 15) is 4.79 Å². The minimum Gasteiger partial charge on any atom is -0.343 e. The molecule has 3 nitrogen and oxygen atoms in total. The molecule has 0 bridgehead atoms. The van der Waals surface area contributed by atoms with E-state index in [2.05, 4.69) is 30.4 Å². The van der Waals surface area contributed by atoms with E-state index in [1.165, 1.54) is 22.8 Å². The van der Waals surface area contributed by atoms with Crippen LogP contribution in [0.2, 0.25) is 0 Å². The highest BCUT2D eigenvalue weighted by molar-refractivity contribution is 5.91. The molecule has 0 saturated heterocycles. The summed E-state index contributed by atoms with van der Waals surface area (Å²) in [6, 6.07) is 7.75. The van der Waals surface area contributed by atoms with Crippen molar-refractivity contribution in [1.82, 2.24) is 5.32 Å². The van der Waals surface area contributed by atoms with Gasteiger partial charge in [-0.3, -0.25) is 4.79 Å². The molecule has 78 valence electrons. The minimum atomic E-state index is -0.570. The Morgan fingerprint density at radius 1 is 1.47 bits per heavy atom. The van der Waals surface area contributed by atoms with Crippen LogP contribution in [-0.4, -0.2) is 12.5 Å². The van der Waals surface area contributed by atoms with Gasteiger partial charge in [0.1, 0.15) is 0 Å². The van der Waals surface area contributed by atoms with Crippen LogP contribution in [0.4, 0.5) is 0 Å². The third-order valence-electron chi connectivity index (χ3n) is 2.28. The van der Waals surface area contributed by atoms with Crippen molar-refractivity contribution in [2.24, 2.45) is 0 Å². The predicted octanol–water partition coefficient (Wildman–Crippen LogP) is 1.49. The van der Waals surface area contributed by atoms with Crippen molar-refractivity contribution in [3.05, 3.63) is 34.9 Å². The summed E-state index contributed by atoms with van der Waals surface area (Å²) >= 11 is 0. The van der Waals surface area contributed by atoms with E-state index in [0.717, 1.165) is 6.42 Å². The van der Waals surface area contributed by atoms with Crippen LogP contribution < -0.4 is 5.32 Å². The number of carbonyl (C=O) groups is 1.